The second-order valence-electron chi connectivity index (χ2n) is 12.4. The lowest BCUT2D eigenvalue weighted by Crippen LogP contribution is -1.91. The minimum Gasteiger partial charge on any atom is -0.135 e. The van der Waals surface area contributed by atoms with Gasteiger partial charge in [0.1, 0.15) is 0 Å². The van der Waals surface area contributed by atoms with Gasteiger partial charge in [-0.05, 0) is 83.0 Å². The average molecular weight is 613 g/mol. The summed E-state index contributed by atoms with van der Waals surface area (Å²) in [6.45, 7) is 0. The maximum absolute atomic E-state index is 2.37. The smallest absolute Gasteiger partial charge is 0.0440 e. The fraction of sp³-hybridized carbons (Fsp3) is 0. The van der Waals surface area contributed by atoms with Gasteiger partial charge in [0.15, 0.2) is 0 Å². The van der Waals surface area contributed by atoms with Crippen molar-refractivity contribution in [3.63, 3.8) is 0 Å². The van der Waals surface area contributed by atoms with Crippen molar-refractivity contribution in [3.8, 4) is 33.4 Å². The van der Waals surface area contributed by atoms with Crippen molar-refractivity contribution >= 4 is 74.6 Å². The van der Waals surface area contributed by atoms with Crippen LogP contribution in [0.4, 0.5) is 0 Å². The summed E-state index contributed by atoms with van der Waals surface area (Å²) in [5.41, 5.74) is 7.68. The molecule has 0 saturated heterocycles. The van der Waals surface area contributed by atoms with Crippen LogP contribution in [-0.4, -0.2) is 0 Å². The van der Waals surface area contributed by atoms with Crippen LogP contribution in [0.3, 0.4) is 0 Å². The van der Waals surface area contributed by atoms with Crippen LogP contribution >= 0.6 is 11.3 Å². The summed E-state index contributed by atoms with van der Waals surface area (Å²) in [4.78, 5) is 0. The van der Waals surface area contributed by atoms with E-state index in [1.54, 1.807) is 0 Å². The number of rotatable bonds is 3. The van der Waals surface area contributed by atoms with Gasteiger partial charge >= 0.3 is 0 Å². The summed E-state index contributed by atoms with van der Waals surface area (Å²) >= 11 is 1.90. The normalized spacial score (nSPS) is 11.8. The molecule has 0 aliphatic rings. The molecule has 10 rings (SSSR count). The first-order valence-electron chi connectivity index (χ1n) is 16.2. The summed E-state index contributed by atoms with van der Waals surface area (Å²) in [7, 11) is 0. The van der Waals surface area contributed by atoms with Gasteiger partial charge in [-0.25, -0.2) is 0 Å². The summed E-state index contributed by atoms with van der Waals surface area (Å²) in [5.74, 6) is 0. The third-order valence-corrected chi connectivity index (χ3v) is 11.0. The number of thiophene rings is 1. The molecule has 0 atom stereocenters. The molecule has 0 spiro atoms. The molecule has 47 heavy (non-hydrogen) atoms. The number of fused-ring (bicyclic) bond motifs is 7. The Morgan fingerprint density at radius 2 is 0.787 bits per heavy atom. The zero-order valence-electron chi connectivity index (χ0n) is 25.6. The fourth-order valence-electron chi connectivity index (χ4n) is 7.79. The molecule has 0 N–H and O–H groups in total. The molecular formula is C46H28S. The van der Waals surface area contributed by atoms with Gasteiger partial charge in [-0.15, -0.1) is 11.3 Å². The predicted octanol–water partition coefficient (Wildman–Crippen LogP) is 13.7. The van der Waals surface area contributed by atoms with Gasteiger partial charge in [-0.1, -0.05) is 158 Å². The van der Waals surface area contributed by atoms with E-state index in [2.05, 4.69) is 170 Å². The van der Waals surface area contributed by atoms with Crippen LogP contribution < -0.4 is 0 Å². The summed E-state index contributed by atoms with van der Waals surface area (Å²) in [5, 5.41) is 12.9. The van der Waals surface area contributed by atoms with Crippen molar-refractivity contribution < 1.29 is 0 Å². The molecule has 0 radical (unpaired) electrons. The minimum absolute atomic E-state index is 1.23. The van der Waals surface area contributed by atoms with Crippen molar-refractivity contribution in [2.24, 2.45) is 0 Å². The molecule has 10 aromatic rings. The average Bonchev–Trinajstić information content (AvgIpc) is 3.51. The standard InChI is InChI=1S/C46H28S/c1-3-15-33-29(12-1)14-11-22-36(33)45-39-20-7-5-18-37(39)43(38-19-6-8-21-40(38)45)30-24-26-31(27-25-30)44-34-16-4-2-13-32(34)28-41-35-17-9-10-23-42(35)47-46(41)44/h1-28H. The van der Waals surface area contributed by atoms with Gasteiger partial charge in [0, 0.05) is 25.7 Å². The lowest BCUT2D eigenvalue weighted by Gasteiger charge is -2.19. The van der Waals surface area contributed by atoms with Crippen molar-refractivity contribution in [1.29, 1.82) is 0 Å². The highest BCUT2D eigenvalue weighted by molar-refractivity contribution is 7.26. The third-order valence-electron chi connectivity index (χ3n) is 9.84. The van der Waals surface area contributed by atoms with Crippen LogP contribution in [0, 0.1) is 0 Å². The molecule has 0 fully saturated rings. The van der Waals surface area contributed by atoms with Gasteiger partial charge in [-0.2, -0.15) is 0 Å². The highest BCUT2D eigenvalue weighted by Crippen LogP contribution is 2.47. The SMILES string of the molecule is c1ccc2c(-c3c4ccccc4c(-c4ccc(-c5c6ccccc6cc6c5sc5ccccc56)cc4)c4ccccc34)cccc2c1. The summed E-state index contributed by atoms with van der Waals surface area (Å²) < 4.78 is 2.69. The molecule has 0 amide bonds. The monoisotopic (exact) mass is 612 g/mol. The molecule has 0 bridgehead atoms. The van der Waals surface area contributed by atoms with Gasteiger partial charge < -0.3 is 0 Å². The van der Waals surface area contributed by atoms with E-state index < -0.39 is 0 Å². The fourth-order valence-corrected chi connectivity index (χ4v) is 9.05. The lowest BCUT2D eigenvalue weighted by atomic mass is 9.84. The number of hydrogen-bond donors (Lipinski definition) is 0. The van der Waals surface area contributed by atoms with E-state index in [4.69, 9.17) is 0 Å². The van der Waals surface area contributed by atoms with E-state index in [-0.39, 0.29) is 0 Å². The van der Waals surface area contributed by atoms with Gasteiger partial charge in [-0.3, -0.25) is 0 Å². The molecular weight excluding hydrogens is 585 g/mol. The molecule has 0 nitrogen and oxygen atoms in total. The van der Waals surface area contributed by atoms with Crippen LogP contribution in [0.2, 0.25) is 0 Å². The molecule has 1 heteroatoms. The van der Waals surface area contributed by atoms with Gasteiger partial charge in [0.2, 0.25) is 0 Å². The first-order valence-corrected chi connectivity index (χ1v) is 17.0. The van der Waals surface area contributed by atoms with E-state index >= 15 is 0 Å². The highest BCUT2D eigenvalue weighted by Gasteiger charge is 2.19. The highest BCUT2D eigenvalue weighted by atomic mass is 32.1. The van der Waals surface area contributed by atoms with E-state index in [0.29, 0.717) is 0 Å². The Labute approximate surface area is 276 Å². The summed E-state index contributed by atoms with van der Waals surface area (Å²) in [6, 6.07) is 62.6. The molecule has 218 valence electrons. The Hall–Kier alpha value is -5.76. The molecule has 0 unspecified atom stereocenters. The zero-order chi connectivity index (χ0) is 30.9. The van der Waals surface area contributed by atoms with E-state index in [9.17, 15) is 0 Å². The molecule has 9 aromatic carbocycles. The van der Waals surface area contributed by atoms with Crippen LogP contribution in [0.5, 0.6) is 0 Å². The second-order valence-corrected chi connectivity index (χ2v) is 13.4. The Morgan fingerprint density at radius 1 is 0.298 bits per heavy atom. The number of benzene rings is 9. The first kappa shape index (κ1) is 26.5. The maximum atomic E-state index is 2.37. The molecule has 1 heterocycles. The Kier molecular flexibility index (Phi) is 5.85. The second kappa shape index (κ2) is 10.4. The van der Waals surface area contributed by atoms with Gasteiger partial charge in [0.25, 0.3) is 0 Å². The molecule has 0 aliphatic carbocycles. The maximum Gasteiger partial charge on any atom is 0.0440 e. The minimum atomic E-state index is 1.23. The Balaban J connectivity index is 1.23. The molecule has 0 aliphatic heterocycles. The predicted molar refractivity (Wildman–Crippen MR) is 206 cm³/mol. The Morgan fingerprint density at radius 3 is 1.47 bits per heavy atom. The lowest BCUT2D eigenvalue weighted by molar-refractivity contribution is 1.65. The molecule has 0 saturated carbocycles. The topological polar surface area (TPSA) is 0 Å². The largest absolute Gasteiger partial charge is 0.135 e. The Bertz CT molecular complexity index is 2770. The third kappa shape index (κ3) is 4.00. The van der Waals surface area contributed by atoms with E-state index in [1.807, 2.05) is 11.3 Å². The van der Waals surface area contributed by atoms with Crippen molar-refractivity contribution in [1.82, 2.24) is 0 Å². The zero-order valence-corrected chi connectivity index (χ0v) is 26.4. The van der Waals surface area contributed by atoms with Crippen LogP contribution in [0.25, 0.3) is 96.6 Å². The van der Waals surface area contributed by atoms with Crippen molar-refractivity contribution in [3.05, 3.63) is 170 Å². The summed E-state index contributed by atoms with van der Waals surface area (Å²) in [6.07, 6.45) is 0. The van der Waals surface area contributed by atoms with Crippen molar-refractivity contribution in [2.45, 2.75) is 0 Å². The van der Waals surface area contributed by atoms with Crippen LogP contribution in [0.15, 0.2) is 170 Å². The molecule has 1 aromatic heterocycles. The quantitative estimate of drug-likeness (QED) is 0.174. The first-order chi connectivity index (χ1) is 23.3. The van der Waals surface area contributed by atoms with Gasteiger partial charge in [0.05, 0.1) is 0 Å². The number of hydrogen-bond acceptors (Lipinski definition) is 1. The van der Waals surface area contributed by atoms with Crippen molar-refractivity contribution in [2.75, 3.05) is 0 Å². The van der Waals surface area contributed by atoms with Crippen LogP contribution in [0.1, 0.15) is 0 Å². The van der Waals surface area contributed by atoms with Crippen LogP contribution in [-0.2, 0) is 0 Å². The van der Waals surface area contributed by atoms with E-state index in [1.165, 1.54) is 96.6 Å². The van der Waals surface area contributed by atoms with E-state index in [0.717, 1.165) is 0 Å².